The molecule has 2 aromatic heterocycles. The first-order chi connectivity index (χ1) is 16.0. The summed E-state index contributed by atoms with van der Waals surface area (Å²) >= 11 is 0. The maximum atomic E-state index is 14.6. The molecule has 1 amide bonds. The van der Waals surface area contributed by atoms with E-state index in [0.717, 1.165) is 4.68 Å². The lowest BCUT2D eigenvalue weighted by molar-refractivity contribution is -0.142. The van der Waals surface area contributed by atoms with E-state index in [1.165, 1.54) is 49.2 Å². The minimum absolute atomic E-state index is 0.0199. The molecule has 180 valence electrons. The van der Waals surface area contributed by atoms with Crippen molar-refractivity contribution in [1.82, 2.24) is 30.4 Å². The molecule has 1 aromatic carbocycles. The van der Waals surface area contributed by atoms with Gasteiger partial charge in [0.1, 0.15) is 23.7 Å². The standard InChI is InChI=1S/C21H21F4N7O2/c22-15-2-1-12(13-7-30-32(9-13)11-21(23,24)25)5-14(15)16-6-18(33)20(26,10-29-16)31-19(34)17-8-27-3-4-28-17/h1-5,7-9,16,18,29,33H,6,10-11,26H2,(H,31,34)/t16?,18-,20-/m1/s1. The molecule has 5 N–H and O–H groups in total. The molecule has 4 rings (SSSR count). The second kappa shape index (κ2) is 9.08. The van der Waals surface area contributed by atoms with E-state index in [4.69, 9.17) is 5.73 Å². The number of piperidine rings is 1. The molecule has 9 nitrogen and oxygen atoms in total. The number of aromatic nitrogens is 4. The van der Waals surface area contributed by atoms with E-state index in [2.05, 4.69) is 25.7 Å². The predicted molar refractivity (Wildman–Crippen MR) is 111 cm³/mol. The van der Waals surface area contributed by atoms with Crippen LogP contribution in [0.15, 0.2) is 49.2 Å². The van der Waals surface area contributed by atoms with Crippen molar-refractivity contribution in [2.75, 3.05) is 6.54 Å². The maximum absolute atomic E-state index is 14.6. The zero-order valence-electron chi connectivity index (χ0n) is 17.6. The summed E-state index contributed by atoms with van der Waals surface area (Å²) in [6, 6.07) is 3.45. The number of hydrogen-bond acceptors (Lipinski definition) is 7. The molecule has 3 atom stereocenters. The molecular formula is C21H21F4N7O2. The van der Waals surface area contributed by atoms with Gasteiger partial charge in [0.05, 0.1) is 18.5 Å². The Hall–Kier alpha value is -3.42. The minimum atomic E-state index is -4.42. The highest BCUT2D eigenvalue weighted by Crippen LogP contribution is 2.31. The third-order valence-corrected chi connectivity index (χ3v) is 5.52. The molecular weight excluding hydrogens is 458 g/mol. The number of nitrogens with zero attached hydrogens (tertiary/aromatic N) is 4. The van der Waals surface area contributed by atoms with Gasteiger partial charge in [-0.15, -0.1) is 0 Å². The van der Waals surface area contributed by atoms with Crippen LogP contribution in [-0.2, 0) is 6.54 Å². The molecule has 1 unspecified atom stereocenters. The van der Waals surface area contributed by atoms with Crippen molar-refractivity contribution in [1.29, 1.82) is 0 Å². The number of aliphatic hydroxyl groups excluding tert-OH is 1. The summed E-state index contributed by atoms with van der Waals surface area (Å²) in [7, 11) is 0. The quantitative estimate of drug-likeness (QED) is 0.322. The average molecular weight is 479 g/mol. The Morgan fingerprint density at radius 1 is 1.29 bits per heavy atom. The fourth-order valence-electron chi connectivity index (χ4n) is 3.76. The van der Waals surface area contributed by atoms with Crippen LogP contribution in [0.4, 0.5) is 17.6 Å². The van der Waals surface area contributed by atoms with Crippen molar-refractivity contribution in [3.63, 3.8) is 0 Å². The summed E-state index contributed by atoms with van der Waals surface area (Å²) in [5.41, 5.74) is 5.72. The van der Waals surface area contributed by atoms with E-state index in [1.54, 1.807) is 0 Å². The molecule has 1 aliphatic rings. The van der Waals surface area contributed by atoms with E-state index in [1.807, 2.05) is 0 Å². The number of aliphatic hydroxyl groups is 1. The van der Waals surface area contributed by atoms with Crippen LogP contribution in [0, 0.1) is 5.82 Å². The molecule has 13 heteroatoms. The van der Waals surface area contributed by atoms with E-state index in [0.29, 0.717) is 11.1 Å². The van der Waals surface area contributed by atoms with Crippen LogP contribution in [-0.4, -0.2) is 55.3 Å². The van der Waals surface area contributed by atoms with Crippen LogP contribution in [0.25, 0.3) is 11.1 Å². The molecule has 1 saturated heterocycles. The van der Waals surface area contributed by atoms with Gasteiger partial charge in [0.15, 0.2) is 0 Å². The fraction of sp³-hybridized carbons (Fsp3) is 0.333. The van der Waals surface area contributed by atoms with E-state index in [9.17, 15) is 27.5 Å². The lowest BCUT2D eigenvalue weighted by Gasteiger charge is -2.42. The second-order valence-electron chi connectivity index (χ2n) is 8.05. The third-order valence-electron chi connectivity index (χ3n) is 5.52. The van der Waals surface area contributed by atoms with Crippen LogP contribution in [0.5, 0.6) is 0 Å². The van der Waals surface area contributed by atoms with Crippen molar-refractivity contribution in [2.45, 2.75) is 37.0 Å². The van der Waals surface area contributed by atoms with Gasteiger partial charge in [0.2, 0.25) is 0 Å². The summed E-state index contributed by atoms with van der Waals surface area (Å²) in [6.45, 7) is -1.33. The first-order valence-electron chi connectivity index (χ1n) is 10.2. The second-order valence-corrected chi connectivity index (χ2v) is 8.05. The van der Waals surface area contributed by atoms with Crippen LogP contribution in [0.1, 0.15) is 28.5 Å². The molecule has 0 radical (unpaired) electrons. The predicted octanol–water partition coefficient (Wildman–Crippen LogP) is 1.52. The van der Waals surface area contributed by atoms with Gasteiger partial charge in [-0.2, -0.15) is 18.3 Å². The van der Waals surface area contributed by atoms with E-state index >= 15 is 0 Å². The molecule has 0 bridgehead atoms. The third kappa shape index (κ3) is 5.21. The zero-order chi connectivity index (χ0) is 24.5. The van der Waals surface area contributed by atoms with Gasteiger partial charge in [0.25, 0.3) is 5.91 Å². The first kappa shape index (κ1) is 23.7. The zero-order valence-corrected chi connectivity index (χ0v) is 17.6. The maximum Gasteiger partial charge on any atom is 0.408 e. The molecule has 3 aromatic rings. The Balaban J connectivity index is 1.49. The molecule has 0 saturated carbocycles. The van der Waals surface area contributed by atoms with Gasteiger partial charge >= 0.3 is 6.18 Å². The lowest BCUT2D eigenvalue weighted by atomic mass is 9.87. The number of nitrogens with two attached hydrogens (primary N) is 1. The van der Waals surface area contributed by atoms with Crippen LogP contribution >= 0.6 is 0 Å². The molecule has 34 heavy (non-hydrogen) atoms. The average Bonchev–Trinajstić information content (AvgIpc) is 3.23. The van der Waals surface area contributed by atoms with E-state index in [-0.39, 0.29) is 24.2 Å². The molecule has 3 heterocycles. The first-order valence-corrected chi connectivity index (χ1v) is 10.2. The highest BCUT2D eigenvalue weighted by Gasteiger charge is 2.42. The van der Waals surface area contributed by atoms with Gasteiger partial charge in [-0.1, -0.05) is 6.07 Å². The summed E-state index contributed by atoms with van der Waals surface area (Å²) in [4.78, 5) is 20.1. The number of rotatable bonds is 5. The Labute approximate surface area is 191 Å². The topological polar surface area (TPSA) is 131 Å². The van der Waals surface area contributed by atoms with Crippen LogP contribution in [0.3, 0.4) is 0 Å². The number of alkyl halides is 3. The van der Waals surface area contributed by atoms with Crippen molar-refractivity contribution in [3.05, 3.63) is 66.3 Å². The van der Waals surface area contributed by atoms with Crippen molar-refractivity contribution in [2.24, 2.45) is 5.73 Å². The van der Waals surface area contributed by atoms with Crippen LogP contribution in [0.2, 0.25) is 0 Å². The molecule has 1 aliphatic heterocycles. The number of halogens is 4. The SMILES string of the molecule is N[C@@]1(NC(=O)c2cnccn2)CNC(c2cc(-c3cnn(CC(F)(F)F)c3)ccc2F)C[C@H]1O. The number of carbonyl (C=O) groups is 1. The fourth-order valence-corrected chi connectivity index (χ4v) is 3.76. The Bertz CT molecular complexity index is 1170. The van der Waals surface area contributed by atoms with Crippen molar-refractivity contribution >= 4 is 5.91 Å². The Morgan fingerprint density at radius 3 is 2.76 bits per heavy atom. The van der Waals surface area contributed by atoms with E-state index < -0.39 is 42.3 Å². The molecule has 0 aliphatic carbocycles. The van der Waals surface area contributed by atoms with Gasteiger partial charge in [-0.3, -0.25) is 14.5 Å². The largest absolute Gasteiger partial charge is 0.408 e. The molecule has 1 fully saturated rings. The van der Waals surface area contributed by atoms with Gasteiger partial charge in [-0.05, 0) is 24.1 Å². The monoisotopic (exact) mass is 479 g/mol. The van der Waals surface area contributed by atoms with Crippen molar-refractivity contribution < 1.29 is 27.5 Å². The highest BCUT2D eigenvalue weighted by atomic mass is 19.4. The van der Waals surface area contributed by atoms with Gasteiger partial charge < -0.3 is 21.5 Å². The Kier molecular flexibility index (Phi) is 6.34. The summed E-state index contributed by atoms with van der Waals surface area (Å²) < 4.78 is 53.2. The lowest BCUT2D eigenvalue weighted by Crippen LogP contribution is -2.71. The Morgan fingerprint density at radius 2 is 2.09 bits per heavy atom. The minimum Gasteiger partial charge on any atom is -0.389 e. The number of benzene rings is 1. The smallest absolute Gasteiger partial charge is 0.389 e. The summed E-state index contributed by atoms with van der Waals surface area (Å²) in [5.74, 6) is -1.19. The highest BCUT2D eigenvalue weighted by molar-refractivity contribution is 5.92. The van der Waals surface area contributed by atoms with Gasteiger partial charge in [-0.25, -0.2) is 9.37 Å². The normalized spacial score (nSPS) is 23.0. The number of carbonyl (C=O) groups excluding carboxylic acids is 1. The molecule has 0 spiro atoms. The number of nitrogens with one attached hydrogen (secondary N) is 2. The summed E-state index contributed by atoms with van der Waals surface area (Å²) in [6.07, 6.45) is 0.785. The van der Waals surface area contributed by atoms with Crippen molar-refractivity contribution in [3.8, 4) is 11.1 Å². The summed E-state index contributed by atoms with van der Waals surface area (Å²) in [5, 5.41) is 20.0. The van der Waals surface area contributed by atoms with Gasteiger partial charge in [0, 0.05) is 42.3 Å². The van der Waals surface area contributed by atoms with Crippen LogP contribution < -0.4 is 16.4 Å². The number of hydrogen-bond donors (Lipinski definition) is 4. The number of amides is 1.